The van der Waals surface area contributed by atoms with E-state index < -0.39 is 0 Å². The zero-order valence-electron chi connectivity index (χ0n) is 11.7. The summed E-state index contributed by atoms with van der Waals surface area (Å²) in [6, 6.07) is 9.78. The van der Waals surface area contributed by atoms with Crippen LogP contribution in [-0.2, 0) is 0 Å². The van der Waals surface area contributed by atoms with Crippen LogP contribution in [0.3, 0.4) is 0 Å². The number of rotatable bonds is 3. The number of β-amino-alcohol motifs (C(OH)–C–C–N with tert-alkyl or cyclic N) is 1. The lowest BCUT2D eigenvalue weighted by Crippen LogP contribution is -2.46. The fourth-order valence-corrected chi connectivity index (χ4v) is 2.37. The van der Waals surface area contributed by atoms with Crippen molar-refractivity contribution in [1.82, 2.24) is 15.2 Å². The predicted molar refractivity (Wildman–Crippen MR) is 80.6 cm³/mol. The van der Waals surface area contributed by atoms with Crippen LogP contribution in [0, 0.1) is 0 Å². The number of guanidine groups is 1. The number of nitrogens with one attached hydrogen (secondary N) is 1. The van der Waals surface area contributed by atoms with E-state index in [2.05, 4.69) is 20.2 Å². The van der Waals surface area contributed by atoms with Crippen molar-refractivity contribution in [3.05, 3.63) is 30.3 Å². The first-order chi connectivity index (χ1) is 9.83. The van der Waals surface area contributed by atoms with Crippen LogP contribution in [0.5, 0.6) is 0 Å². The van der Waals surface area contributed by atoms with Gasteiger partial charge in [-0.15, -0.1) is 0 Å². The van der Waals surface area contributed by atoms with Gasteiger partial charge in [0.15, 0.2) is 0 Å². The number of benzene rings is 1. The van der Waals surface area contributed by atoms with Crippen molar-refractivity contribution in [2.45, 2.75) is 6.42 Å². The van der Waals surface area contributed by atoms with E-state index in [4.69, 9.17) is 10.9 Å². The van der Waals surface area contributed by atoms with Crippen LogP contribution < -0.4 is 11.3 Å². The summed E-state index contributed by atoms with van der Waals surface area (Å²) in [7, 11) is 0. The topological polar surface area (TPSA) is 77.1 Å². The van der Waals surface area contributed by atoms with Crippen LogP contribution >= 0.6 is 0 Å². The molecule has 1 aliphatic rings. The summed E-state index contributed by atoms with van der Waals surface area (Å²) in [5.74, 6) is 6.32. The molecular weight excluding hydrogens is 254 g/mol. The molecule has 110 valence electrons. The normalized spacial score (nSPS) is 17.9. The number of hydrazine groups is 1. The van der Waals surface area contributed by atoms with E-state index in [9.17, 15) is 0 Å². The molecule has 0 bridgehead atoms. The second kappa shape index (κ2) is 7.84. The number of aliphatic hydroxyl groups excluding tert-OH is 1. The molecule has 0 spiro atoms. The lowest BCUT2D eigenvalue weighted by molar-refractivity contribution is 0.201. The first-order valence-corrected chi connectivity index (χ1v) is 7.02. The number of aliphatic hydroxyl groups is 1. The Morgan fingerprint density at radius 2 is 2.00 bits per heavy atom. The molecule has 0 aliphatic carbocycles. The smallest absolute Gasteiger partial charge is 0.213 e. The molecular formula is C14H23N5O. The second-order valence-corrected chi connectivity index (χ2v) is 4.82. The van der Waals surface area contributed by atoms with Gasteiger partial charge in [0.1, 0.15) is 0 Å². The van der Waals surface area contributed by atoms with Gasteiger partial charge in [-0.1, -0.05) is 18.2 Å². The molecule has 0 aromatic heterocycles. The van der Waals surface area contributed by atoms with E-state index in [1.54, 1.807) is 0 Å². The van der Waals surface area contributed by atoms with Crippen LogP contribution in [0.2, 0.25) is 0 Å². The van der Waals surface area contributed by atoms with Gasteiger partial charge in [0, 0.05) is 26.2 Å². The minimum absolute atomic E-state index is 0.208. The lowest BCUT2D eigenvalue weighted by Gasteiger charge is -2.24. The first-order valence-electron chi connectivity index (χ1n) is 7.02. The van der Waals surface area contributed by atoms with Crippen LogP contribution in [0.1, 0.15) is 6.42 Å². The van der Waals surface area contributed by atoms with Crippen molar-refractivity contribution < 1.29 is 5.11 Å². The zero-order chi connectivity index (χ0) is 14.2. The maximum absolute atomic E-state index is 9.02. The van der Waals surface area contributed by atoms with Gasteiger partial charge in [-0.2, -0.15) is 0 Å². The standard InChI is InChI=1S/C14H23N5O/c15-17-14(16-13-5-2-1-3-6-13)19-8-4-7-18(9-10-19)11-12-20/h1-3,5-6,20H,4,7-12,15H2,(H,16,17). The predicted octanol–water partition coefficient (Wildman–Crippen LogP) is 0.137. The average Bonchev–Trinajstić information content (AvgIpc) is 2.72. The molecule has 0 radical (unpaired) electrons. The van der Waals surface area contributed by atoms with E-state index in [1.165, 1.54) is 0 Å². The van der Waals surface area contributed by atoms with Crippen molar-refractivity contribution in [1.29, 1.82) is 0 Å². The van der Waals surface area contributed by atoms with Gasteiger partial charge >= 0.3 is 0 Å². The molecule has 1 aromatic rings. The quantitative estimate of drug-likeness (QED) is 0.317. The van der Waals surface area contributed by atoms with E-state index in [0.29, 0.717) is 5.96 Å². The number of hydrogen-bond acceptors (Lipinski definition) is 4. The van der Waals surface area contributed by atoms with Gasteiger partial charge in [0.05, 0.1) is 12.3 Å². The van der Waals surface area contributed by atoms with Crippen LogP contribution in [0.25, 0.3) is 0 Å². The van der Waals surface area contributed by atoms with Crippen molar-refractivity contribution in [3.63, 3.8) is 0 Å². The second-order valence-electron chi connectivity index (χ2n) is 4.82. The van der Waals surface area contributed by atoms with E-state index >= 15 is 0 Å². The summed E-state index contributed by atoms with van der Waals surface area (Å²) in [5, 5.41) is 9.02. The highest BCUT2D eigenvalue weighted by atomic mass is 16.3. The van der Waals surface area contributed by atoms with Crippen LogP contribution in [-0.4, -0.2) is 60.2 Å². The summed E-state index contributed by atoms with van der Waals surface area (Å²) >= 11 is 0. The first kappa shape index (κ1) is 14.8. The van der Waals surface area contributed by atoms with Gasteiger partial charge < -0.3 is 10.0 Å². The van der Waals surface area contributed by atoms with Crippen molar-refractivity contribution in [3.8, 4) is 0 Å². The van der Waals surface area contributed by atoms with E-state index in [1.807, 2.05) is 30.3 Å². The van der Waals surface area contributed by atoms with Gasteiger partial charge in [0.2, 0.25) is 5.96 Å². The Kier molecular flexibility index (Phi) is 5.79. The minimum Gasteiger partial charge on any atom is -0.395 e. The fourth-order valence-electron chi connectivity index (χ4n) is 2.37. The van der Waals surface area contributed by atoms with Crippen molar-refractivity contribution >= 4 is 11.6 Å². The summed E-state index contributed by atoms with van der Waals surface area (Å²) < 4.78 is 0. The molecule has 1 fully saturated rings. The third-order valence-corrected chi connectivity index (χ3v) is 3.42. The Morgan fingerprint density at radius 1 is 1.20 bits per heavy atom. The monoisotopic (exact) mass is 277 g/mol. The number of para-hydroxylation sites is 1. The largest absolute Gasteiger partial charge is 0.395 e. The number of aliphatic imine (C=N–C) groups is 1. The highest BCUT2D eigenvalue weighted by Gasteiger charge is 2.16. The number of nitrogens with zero attached hydrogens (tertiary/aromatic N) is 3. The molecule has 0 unspecified atom stereocenters. The highest BCUT2D eigenvalue weighted by molar-refractivity contribution is 5.82. The Balaban J connectivity index is 2.02. The Morgan fingerprint density at radius 3 is 2.70 bits per heavy atom. The molecule has 1 aromatic carbocycles. The van der Waals surface area contributed by atoms with E-state index in [-0.39, 0.29) is 6.61 Å². The molecule has 2 rings (SSSR count). The summed E-state index contributed by atoms with van der Waals surface area (Å²) in [5.41, 5.74) is 3.59. The molecule has 6 heteroatoms. The van der Waals surface area contributed by atoms with Crippen molar-refractivity contribution in [2.24, 2.45) is 10.8 Å². The molecule has 20 heavy (non-hydrogen) atoms. The Labute approximate surface area is 119 Å². The fraction of sp³-hybridized carbons (Fsp3) is 0.500. The molecule has 0 atom stereocenters. The van der Waals surface area contributed by atoms with Gasteiger partial charge in [0.25, 0.3) is 0 Å². The molecule has 6 nitrogen and oxygen atoms in total. The lowest BCUT2D eigenvalue weighted by atomic mass is 10.3. The van der Waals surface area contributed by atoms with Crippen LogP contribution in [0.4, 0.5) is 5.69 Å². The maximum Gasteiger partial charge on any atom is 0.213 e. The average molecular weight is 277 g/mol. The highest BCUT2D eigenvalue weighted by Crippen LogP contribution is 2.11. The van der Waals surface area contributed by atoms with Gasteiger partial charge in [-0.3, -0.25) is 10.3 Å². The molecule has 0 amide bonds. The summed E-state index contributed by atoms with van der Waals surface area (Å²) in [4.78, 5) is 8.97. The molecule has 1 heterocycles. The van der Waals surface area contributed by atoms with Gasteiger partial charge in [-0.05, 0) is 25.1 Å². The molecule has 1 saturated heterocycles. The third-order valence-electron chi connectivity index (χ3n) is 3.42. The van der Waals surface area contributed by atoms with Crippen LogP contribution in [0.15, 0.2) is 35.3 Å². The van der Waals surface area contributed by atoms with Gasteiger partial charge in [-0.25, -0.2) is 10.8 Å². The molecule has 4 N–H and O–H groups in total. The minimum atomic E-state index is 0.208. The van der Waals surface area contributed by atoms with Crippen molar-refractivity contribution in [2.75, 3.05) is 39.3 Å². The number of nitrogens with two attached hydrogens (primary N) is 1. The molecule has 0 saturated carbocycles. The number of hydrogen-bond donors (Lipinski definition) is 3. The molecule has 1 aliphatic heterocycles. The zero-order valence-corrected chi connectivity index (χ0v) is 11.7. The SMILES string of the molecule is NNC(=Nc1ccccc1)N1CCCN(CCO)CC1. The third kappa shape index (κ3) is 4.19. The Bertz CT molecular complexity index is 423. The summed E-state index contributed by atoms with van der Waals surface area (Å²) in [6.07, 6.45) is 1.04. The Hall–Kier alpha value is -1.63. The van der Waals surface area contributed by atoms with E-state index in [0.717, 1.165) is 44.8 Å². The maximum atomic E-state index is 9.02. The summed E-state index contributed by atoms with van der Waals surface area (Å²) in [6.45, 7) is 4.62.